The number of anilines is 1. The molecular weight excluding hydrogens is 350 g/mol. The highest BCUT2D eigenvalue weighted by atomic mass is 32.2. The highest BCUT2D eigenvalue weighted by Crippen LogP contribution is 2.38. The summed E-state index contributed by atoms with van der Waals surface area (Å²) >= 11 is 1.56. The summed E-state index contributed by atoms with van der Waals surface area (Å²) in [5.74, 6) is 0.258. The number of amidine groups is 1. The number of pyridine rings is 2. The van der Waals surface area contributed by atoms with E-state index >= 15 is 0 Å². The molecule has 0 fully saturated rings. The summed E-state index contributed by atoms with van der Waals surface area (Å²) in [4.78, 5) is 25.6. The quantitative estimate of drug-likeness (QED) is 0.857. The fraction of sp³-hybridized carbons (Fsp3) is 0.333. The number of methoxy groups -OCH3 is 1. The number of hydrogen-bond donors (Lipinski definition) is 2. The normalized spacial score (nSPS) is 22.4. The lowest BCUT2D eigenvalue weighted by molar-refractivity contribution is 0.102. The van der Waals surface area contributed by atoms with Gasteiger partial charge in [-0.25, -0.2) is 4.99 Å². The number of carbonyl (C=O) groups is 1. The van der Waals surface area contributed by atoms with Crippen molar-refractivity contribution in [3.63, 3.8) is 0 Å². The van der Waals surface area contributed by atoms with Crippen LogP contribution in [0, 0.1) is 0 Å². The van der Waals surface area contributed by atoms with Crippen molar-refractivity contribution in [2.24, 2.45) is 10.7 Å². The van der Waals surface area contributed by atoms with E-state index in [1.807, 2.05) is 13.0 Å². The third-order valence-corrected chi connectivity index (χ3v) is 5.03. The molecule has 2 aromatic heterocycles. The zero-order valence-electron chi connectivity index (χ0n) is 14.9. The number of thioether (sulfide) groups is 1. The Morgan fingerprint density at radius 3 is 2.85 bits per heavy atom. The van der Waals surface area contributed by atoms with Crippen LogP contribution < -0.4 is 15.8 Å². The molecule has 2 aromatic rings. The molecule has 3 heterocycles. The maximum absolute atomic E-state index is 12.5. The van der Waals surface area contributed by atoms with Gasteiger partial charge in [0.1, 0.15) is 17.0 Å². The van der Waals surface area contributed by atoms with E-state index in [4.69, 9.17) is 10.5 Å². The molecule has 2 atom stereocenters. The zero-order chi connectivity index (χ0) is 18.7. The van der Waals surface area contributed by atoms with Crippen molar-refractivity contribution in [1.29, 1.82) is 0 Å². The zero-order valence-corrected chi connectivity index (χ0v) is 15.7. The smallest absolute Gasteiger partial charge is 0.274 e. The van der Waals surface area contributed by atoms with E-state index in [-0.39, 0.29) is 11.6 Å². The number of nitrogens with zero attached hydrogens (tertiary/aromatic N) is 3. The van der Waals surface area contributed by atoms with Crippen molar-refractivity contribution in [2.75, 3.05) is 12.4 Å². The number of nitrogens with one attached hydrogen (secondary N) is 1. The summed E-state index contributed by atoms with van der Waals surface area (Å²) in [6, 6.07) is 6.84. The van der Waals surface area contributed by atoms with Crippen LogP contribution in [0.25, 0.3) is 0 Å². The molecule has 3 rings (SSSR count). The summed E-state index contributed by atoms with van der Waals surface area (Å²) in [5, 5.41) is 3.75. The van der Waals surface area contributed by atoms with Crippen LogP contribution in [0.4, 0.5) is 5.69 Å². The van der Waals surface area contributed by atoms with Crippen molar-refractivity contribution in [1.82, 2.24) is 9.97 Å². The predicted octanol–water partition coefficient (Wildman–Crippen LogP) is 2.79. The number of aromatic nitrogens is 2. The molecule has 0 aliphatic carbocycles. The van der Waals surface area contributed by atoms with Crippen molar-refractivity contribution in [2.45, 2.75) is 31.1 Å². The van der Waals surface area contributed by atoms with Gasteiger partial charge in [0, 0.05) is 29.4 Å². The molecule has 8 heteroatoms. The average Bonchev–Trinajstić information content (AvgIpc) is 2.61. The maximum atomic E-state index is 12.5. The highest BCUT2D eigenvalue weighted by molar-refractivity contribution is 8.14. The molecule has 7 nitrogen and oxygen atoms in total. The Kier molecular flexibility index (Phi) is 5.13. The molecule has 1 aliphatic heterocycles. The van der Waals surface area contributed by atoms with Crippen LogP contribution in [-0.4, -0.2) is 33.4 Å². The Hall–Kier alpha value is -2.61. The van der Waals surface area contributed by atoms with Crippen molar-refractivity contribution in [3.8, 4) is 5.75 Å². The van der Waals surface area contributed by atoms with Gasteiger partial charge >= 0.3 is 0 Å². The lowest BCUT2D eigenvalue weighted by Crippen LogP contribution is -2.33. The van der Waals surface area contributed by atoms with Gasteiger partial charge in [-0.05, 0) is 31.5 Å². The van der Waals surface area contributed by atoms with Crippen molar-refractivity contribution in [3.05, 3.63) is 48.0 Å². The van der Waals surface area contributed by atoms with Gasteiger partial charge in [-0.15, -0.1) is 0 Å². The van der Waals surface area contributed by atoms with E-state index in [9.17, 15) is 4.79 Å². The molecule has 0 spiro atoms. The minimum Gasteiger partial charge on any atom is -0.497 e. The number of amides is 1. The Balaban J connectivity index is 1.83. The lowest BCUT2D eigenvalue weighted by Gasteiger charge is -2.32. The molecular formula is C18H21N5O2S. The number of hydrogen-bond acceptors (Lipinski definition) is 7. The number of rotatable bonds is 4. The Labute approximate surface area is 156 Å². The van der Waals surface area contributed by atoms with E-state index in [0.717, 1.165) is 12.1 Å². The standard InChI is InChI=1S/C18H21N5O2S/c1-11-10-18(2,23-17(19)26-11)15-8-12(4-6-21-15)22-16(24)14-9-13(25-3)5-7-20-14/h4-9,11H,10H2,1-3H3,(H2,19,23)(H,21,22,24)/t11-,18+/m1/s1. The van der Waals surface area contributed by atoms with Crippen LogP contribution >= 0.6 is 11.8 Å². The third kappa shape index (κ3) is 3.96. The first-order valence-corrected chi connectivity index (χ1v) is 9.07. The Bertz CT molecular complexity index is 857. The SMILES string of the molecule is COc1ccnc(C(=O)Nc2ccnc([C@]3(C)C[C@@H](C)SC(N)=N3)c2)c1. The second-order valence-electron chi connectivity index (χ2n) is 6.32. The first kappa shape index (κ1) is 18.2. The van der Waals surface area contributed by atoms with E-state index in [1.54, 1.807) is 43.3 Å². The first-order chi connectivity index (χ1) is 12.4. The molecule has 1 aliphatic rings. The van der Waals surface area contributed by atoms with E-state index < -0.39 is 5.54 Å². The second-order valence-corrected chi connectivity index (χ2v) is 7.78. The number of aliphatic imine (C=N–C) groups is 1. The first-order valence-electron chi connectivity index (χ1n) is 8.19. The van der Waals surface area contributed by atoms with Gasteiger partial charge in [0.05, 0.1) is 12.8 Å². The van der Waals surface area contributed by atoms with Crippen LogP contribution in [0.5, 0.6) is 5.75 Å². The molecule has 0 radical (unpaired) electrons. The fourth-order valence-corrected chi connectivity index (χ4v) is 4.02. The molecule has 0 unspecified atom stereocenters. The third-order valence-electron chi connectivity index (χ3n) is 4.13. The summed E-state index contributed by atoms with van der Waals surface area (Å²) in [7, 11) is 1.54. The molecule has 136 valence electrons. The van der Waals surface area contributed by atoms with Crippen molar-refractivity contribution < 1.29 is 9.53 Å². The highest BCUT2D eigenvalue weighted by Gasteiger charge is 2.34. The lowest BCUT2D eigenvalue weighted by atomic mass is 9.91. The monoisotopic (exact) mass is 371 g/mol. The average molecular weight is 371 g/mol. The predicted molar refractivity (Wildman–Crippen MR) is 104 cm³/mol. The minimum atomic E-state index is -0.510. The minimum absolute atomic E-state index is 0.277. The molecule has 0 bridgehead atoms. The van der Waals surface area contributed by atoms with Gasteiger partial charge in [-0.3, -0.25) is 14.8 Å². The van der Waals surface area contributed by atoms with Gasteiger partial charge in [0.2, 0.25) is 0 Å². The van der Waals surface area contributed by atoms with E-state index in [2.05, 4.69) is 27.2 Å². The number of nitrogens with two attached hydrogens (primary N) is 1. The topological polar surface area (TPSA) is 102 Å². The molecule has 3 N–H and O–H groups in total. The summed E-state index contributed by atoms with van der Waals surface area (Å²) in [6.45, 7) is 4.12. The summed E-state index contributed by atoms with van der Waals surface area (Å²) in [6.07, 6.45) is 4.01. The van der Waals surface area contributed by atoms with E-state index in [0.29, 0.717) is 21.9 Å². The van der Waals surface area contributed by atoms with Gasteiger partial charge in [0.15, 0.2) is 5.17 Å². The number of carbonyl (C=O) groups excluding carboxylic acids is 1. The molecule has 1 amide bonds. The Morgan fingerprint density at radius 2 is 2.12 bits per heavy atom. The van der Waals surface area contributed by atoms with E-state index in [1.165, 1.54) is 6.20 Å². The second kappa shape index (κ2) is 7.33. The van der Waals surface area contributed by atoms with Crippen LogP contribution in [0.15, 0.2) is 41.7 Å². The van der Waals surface area contributed by atoms with Crippen LogP contribution in [-0.2, 0) is 5.54 Å². The number of ether oxygens (including phenoxy) is 1. The Morgan fingerprint density at radius 1 is 1.35 bits per heavy atom. The van der Waals surface area contributed by atoms with Gasteiger partial charge in [0.25, 0.3) is 5.91 Å². The van der Waals surface area contributed by atoms with Gasteiger partial charge in [-0.1, -0.05) is 18.7 Å². The molecule has 26 heavy (non-hydrogen) atoms. The van der Waals surface area contributed by atoms with Gasteiger partial charge in [-0.2, -0.15) is 0 Å². The van der Waals surface area contributed by atoms with Crippen LogP contribution in [0.3, 0.4) is 0 Å². The van der Waals surface area contributed by atoms with Crippen LogP contribution in [0.2, 0.25) is 0 Å². The van der Waals surface area contributed by atoms with Gasteiger partial charge < -0.3 is 15.8 Å². The fourth-order valence-electron chi connectivity index (χ4n) is 2.94. The molecule has 0 saturated heterocycles. The van der Waals surface area contributed by atoms with Crippen LogP contribution in [0.1, 0.15) is 36.5 Å². The summed E-state index contributed by atoms with van der Waals surface area (Å²) < 4.78 is 5.13. The molecule has 0 saturated carbocycles. The maximum Gasteiger partial charge on any atom is 0.274 e. The summed E-state index contributed by atoms with van der Waals surface area (Å²) in [5.41, 5.74) is 7.12. The molecule has 0 aromatic carbocycles. The van der Waals surface area contributed by atoms with Crippen molar-refractivity contribution >= 4 is 28.5 Å². The largest absolute Gasteiger partial charge is 0.497 e.